The molecule has 0 fully saturated rings. The van der Waals surface area contributed by atoms with Crippen LogP contribution in [0.2, 0.25) is 0 Å². The highest BCUT2D eigenvalue weighted by atomic mass is 32.2. The third-order valence-electron chi connectivity index (χ3n) is 4.59. The second kappa shape index (κ2) is 6.25. The maximum Gasteiger partial charge on any atom is 0.229 e. The van der Waals surface area contributed by atoms with Gasteiger partial charge in [-0.1, -0.05) is 19.0 Å². The topological polar surface area (TPSA) is 89.2 Å². The molecule has 0 aromatic carbocycles. The van der Waals surface area contributed by atoms with Crippen LogP contribution in [-0.4, -0.2) is 40.6 Å². The van der Waals surface area contributed by atoms with Gasteiger partial charge in [-0.05, 0) is 30.9 Å². The summed E-state index contributed by atoms with van der Waals surface area (Å²) in [6, 6.07) is 0. The minimum absolute atomic E-state index is 0.208. The summed E-state index contributed by atoms with van der Waals surface area (Å²) in [5.41, 5.74) is 3.68. The zero-order chi connectivity index (χ0) is 17.5. The summed E-state index contributed by atoms with van der Waals surface area (Å²) in [6.07, 6.45) is 4.53. The second-order valence-electron chi connectivity index (χ2n) is 6.33. The summed E-state index contributed by atoms with van der Waals surface area (Å²) < 4.78 is 30.5. The number of rotatable bonds is 4. The van der Waals surface area contributed by atoms with E-state index in [1.165, 1.54) is 10.6 Å². The zero-order valence-corrected chi connectivity index (χ0v) is 15.2. The molecule has 0 aliphatic carbocycles. The number of aromatic nitrogens is 3. The van der Waals surface area contributed by atoms with Gasteiger partial charge in [0.1, 0.15) is 0 Å². The Balaban J connectivity index is 2.03. The Morgan fingerprint density at radius 2 is 2.17 bits per heavy atom. The lowest BCUT2D eigenvalue weighted by Gasteiger charge is -2.28. The van der Waals surface area contributed by atoms with E-state index in [2.05, 4.69) is 22.0 Å². The fraction of sp³-hybridized carbons (Fsp3) is 0.562. The lowest BCUT2D eigenvalue weighted by molar-refractivity contribution is 0.357. The van der Waals surface area contributed by atoms with Crippen LogP contribution >= 0.6 is 0 Å². The molecule has 0 radical (unpaired) electrons. The van der Waals surface area contributed by atoms with Gasteiger partial charge in [0.25, 0.3) is 0 Å². The van der Waals surface area contributed by atoms with E-state index in [1.807, 2.05) is 13.8 Å². The van der Waals surface area contributed by atoms with Gasteiger partial charge in [-0.3, -0.25) is 4.98 Å². The molecular formula is C16H22N4O3S. The van der Waals surface area contributed by atoms with Crippen molar-refractivity contribution >= 4 is 10.0 Å². The first-order valence-electron chi connectivity index (χ1n) is 8.07. The van der Waals surface area contributed by atoms with Crippen molar-refractivity contribution in [2.45, 2.75) is 46.1 Å². The van der Waals surface area contributed by atoms with Crippen LogP contribution in [-0.2, 0) is 23.0 Å². The van der Waals surface area contributed by atoms with Crippen LogP contribution in [0.3, 0.4) is 0 Å². The Bertz CT molecular complexity index is 860. The van der Waals surface area contributed by atoms with Crippen molar-refractivity contribution in [1.82, 2.24) is 19.4 Å². The largest absolute Gasteiger partial charge is 0.339 e. The van der Waals surface area contributed by atoms with Crippen LogP contribution in [0.5, 0.6) is 0 Å². The highest BCUT2D eigenvalue weighted by Gasteiger charge is 2.28. The minimum atomic E-state index is -3.21. The summed E-state index contributed by atoms with van der Waals surface area (Å²) in [4.78, 5) is 8.95. The predicted octanol–water partition coefficient (Wildman–Crippen LogP) is 2.27. The van der Waals surface area contributed by atoms with E-state index in [9.17, 15) is 8.42 Å². The number of hydrogen-bond donors (Lipinski definition) is 0. The molecule has 1 atom stereocenters. The second-order valence-corrected chi connectivity index (χ2v) is 8.32. The lowest BCUT2D eigenvalue weighted by atomic mass is 9.95. The maximum absolute atomic E-state index is 11.8. The highest BCUT2D eigenvalue weighted by Crippen LogP contribution is 2.32. The first-order valence-corrected chi connectivity index (χ1v) is 9.92. The summed E-state index contributed by atoms with van der Waals surface area (Å²) in [6.45, 7) is 6.83. The summed E-state index contributed by atoms with van der Waals surface area (Å²) in [5, 5.41) is 4.13. The van der Waals surface area contributed by atoms with Crippen molar-refractivity contribution in [3.8, 4) is 11.4 Å². The van der Waals surface area contributed by atoms with Crippen molar-refractivity contribution in [3.63, 3.8) is 0 Å². The predicted molar refractivity (Wildman–Crippen MR) is 89.9 cm³/mol. The molecule has 2 aromatic heterocycles. The molecule has 3 heterocycles. The fourth-order valence-electron chi connectivity index (χ4n) is 2.91. The van der Waals surface area contributed by atoms with Crippen molar-refractivity contribution in [1.29, 1.82) is 0 Å². The maximum atomic E-state index is 11.8. The molecule has 1 aliphatic rings. The Labute approximate surface area is 142 Å². The molecule has 0 unspecified atom stereocenters. The number of pyridine rings is 1. The molecule has 24 heavy (non-hydrogen) atoms. The van der Waals surface area contributed by atoms with Gasteiger partial charge in [0.05, 0.1) is 6.26 Å². The summed E-state index contributed by atoms with van der Waals surface area (Å²) in [7, 11) is -3.21. The van der Waals surface area contributed by atoms with Crippen LogP contribution in [0.1, 0.15) is 48.9 Å². The van der Waals surface area contributed by atoms with Gasteiger partial charge in [0.15, 0.2) is 0 Å². The van der Waals surface area contributed by atoms with Crippen molar-refractivity contribution in [2.75, 3.05) is 12.8 Å². The van der Waals surface area contributed by atoms with Crippen molar-refractivity contribution in [3.05, 3.63) is 28.9 Å². The Morgan fingerprint density at radius 3 is 2.83 bits per heavy atom. The molecule has 0 amide bonds. The average Bonchev–Trinajstić information content (AvgIpc) is 3.02. The molecule has 0 saturated carbocycles. The van der Waals surface area contributed by atoms with Crippen LogP contribution in [0.4, 0.5) is 0 Å². The van der Waals surface area contributed by atoms with E-state index in [-0.39, 0.29) is 5.92 Å². The molecule has 2 aromatic rings. The van der Waals surface area contributed by atoms with Crippen LogP contribution in [0.15, 0.2) is 10.7 Å². The number of fused-ring (bicyclic) bond motifs is 1. The fourth-order valence-corrected chi connectivity index (χ4v) is 3.71. The Morgan fingerprint density at radius 1 is 1.42 bits per heavy atom. The quantitative estimate of drug-likeness (QED) is 0.840. The zero-order valence-electron chi connectivity index (χ0n) is 14.4. The van der Waals surface area contributed by atoms with Gasteiger partial charge in [-0.2, -0.15) is 9.29 Å². The number of hydrogen-bond acceptors (Lipinski definition) is 6. The van der Waals surface area contributed by atoms with E-state index < -0.39 is 10.0 Å². The van der Waals surface area contributed by atoms with Gasteiger partial charge in [0, 0.05) is 36.5 Å². The summed E-state index contributed by atoms with van der Waals surface area (Å²) >= 11 is 0. The SMILES string of the molecule is CC[C@H](C)c1nc(-c2c(C)ncc3c2CCN(S(C)(=O)=O)C3)no1. The first-order chi connectivity index (χ1) is 11.3. The van der Waals surface area contributed by atoms with Crippen LogP contribution in [0, 0.1) is 6.92 Å². The normalized spacial score (nSPS) is 16.8. The molecule has 3 rings (SSSR count). The van der Waals surface area contributed by atoms with Gasteiger partial charge in [-0.25, -0.2) is 8.42 Å². The summed E-state index contributed by atoms with van der Waals surface area (Å²) in [5.74, 6) is 1.37. The molecule has 130 valence electrons. The molecule has 0 N–H and O–H groups in total. The molecule has 0 saturated heterocycles. The molecule has 7 nitrogen and oxygen atoms in total. The Hall–Kier alpha value is -1.80. The number of aryl methyl sites for hydroxylation is 1. The molecule has 0 bridgehead atoms. The molecule has 8 heteroatoms. The van der Waals surface area contributed by atoms with E-state index in [0.717, 1.165) is 28.8 Å². The highest BCUT2D eigenvalue weighted by molar-refractivity contribution is 7.88. The van der Waals surface area contributed by atoms with Crippen LogP contribution in [0.25, 0.3) is 11.4 Å². The first kappa shape index (κ1) is 17.0. The number of nitrogens with zero attached hydrogens (tertiary/aromatic N) is 4. The molecule has 0 spiro atoms. The minimum Gasteiger partial charge on any atom is -0.339 e. The van der Waals surface area contributed by atoms with Gasteiger partial charge in [0.2, 0.25) is 21.7 Å². The third kappa shape index (κ3) is 3.08. The molecule has 1 aliphatic heterocycles. The standard InChI is InChI=1S/C16H22N4O3S/c1-5-10(2)16-18-15(19-23-16)14-11(3)17-8-12-9-20(24(4,21)22)7-6-13(12)14/h8,10H,5-7,9H2,1-4H3/t10-/m0/s1. The third-order valence-corrected chi connectivity index (χ3v) is 5.84. The van der Waals surface area contributed by atoms with Crippen LogP contribution < -0.4 is 0 Å². The smallest absolute Gasteiger partial charge is 0.229 e. The van der Waals surface area contributed by atoms with Gasteiger partial charge < -0.3 is 4.52 Å². The van der Waals surface area contributed by atoms with Gasteiger partial charge >= 0.3 is 0 Å². The van der Waals surface area contributed by atoms with E-state index in [4.69, 9.17) is 4.52 Å². The van der Waals surface area contributed by atoms with Crippen molar-refractivity contribution < 1.29 is 12.9 Å². The Kier molecular flexibility index (Phi) is 4.44. The molecular weight excluding hydrogens is 328 g/mol. The van der Waals surface area contributed by atoms with Crippen molar-refractivity contribution in [2.24, 2.45) is 0 Å². The van der Waals surface area contributed by atoms with E-state index in [0.29, 0.717) is 31.2 Å². The van der Waals surface area contributed by atoms with E-state index in [1.54, 1.807) is 6.20 Å². The lowest BCUT2D eigenvalue weighted by Crippen LogP contribution is -2.35. The van der Waals surface area contributed by atoms with E-state index >= 15 is 0 Å². The number of sulfonamides is 1. The average molecular weight is 350 g/mol. The van der Waals surface area contributed by atoms with Gasteiger partial charge in [-0.15, -0.1) is 0 Å². The monoisotopic (exact) mass is 350 g/mol.